The zero-order valence-corrected chi connectivity index (χ0v) is 11.2. The van der Waals surface area contributed by atoms with Crippen molar-refractivity contribution in [2.24, 2.45) is 0 Å². The van der Waals surface area contributed by atoms with Crippen molar-refractivity contribution in [2.45, 2.75) is 13.3 Å². The molecule has 5 nitrogen and oxygen atoms in total. The van der Waals surface area contributed by atoms with E-state index in [0.717, 1.165) is 17.0 Å². The topological polar surface area (TPSA) is 70.9 Å². The molecule has 1 aromatic carbocycles. The first-order valence-electron chi connectivity index (χ1n) is 5.83. The fourth-order valence-corrected chi connectivity index (χ4v) is 1.91. The monoisotopic (exact) mass is 257 g/mol. The van der Waals surface area contributed by atoms with E-state index in [2.05, 4.69) is 16.0 Å². The second-order valence-electron chi connectivity index (χ2n) is 4.09. The Kier molecular flexibility index (Phi) is 3.71. The molecule has 98 valence electrons. The van der Waals surface area contributed by atoms with Crippen LogP contribution in [0.1, 0.15) is 11.5 Å². The van der Waals surface area contributed by atoms with E-state index in [1.807, 2.05) is 25.1 Å². The summed E-state index contributed by atoms with van der Waals surface area (Å²) in [5, 5.41) is 8.70. The number of aromatic amines is 1. The van der Waals surface area contributed by atoms with Gasteiger partial charge in [0.1, 0.15) is 17.3 Å². The maximum Gasteiger partial charge on any atom is 0.123 e. The Morgan fingerprint density at radius 1 is 1.21 bits per heavy atom. The average molecular weight is 257 g/mol. The quantitative estimate of drug-likeness (QED) is 0.913. The van der Waals surface area contributed by atoms with Gasteiger partial charge in [-0.25, -0.2) is 4.98 Å². The lowest BCUT2D eigenvalue weighted by atomic mass is 10.1. The van der Waals surface area contributed by atoms with Gasteiger partial charge in [0.2, 0.25) is 0 Å². The van der Waals surface area contributed by atoms with E-state index in [1.165, 1.54) is 0 Å². The molecule has 2 rings (SSSR count). The molecule has 1 aromatic heterocycles. The van der Waals surface area contributed by atoms with Crippen LogP contribution in [0.3, 0.4) is 0 Å². The molecular weight excluding hydrogens is 242 g/mol. The number of hydrogen-bond acceptors (Lipinski definition) is 4. The van der Waals surface area contributed by atoms with Crippen molar-refractivity contribution in [3.05, 3.63) is 29.7 Å². The first-order valence-corrected chi connectivity index (χ1v) is 5.83. The van der Waals surface area contributed by atoms with Gasteiger partial charge in [-0.15, -0.1) is 0 Å². The van der Waals surface area contributed by atoms with E-state index in [4.69, 9.17) is 14.7 Å². The normalized spacial score (nSPS) is 10.0. The minimum absolute atomic E-state index is 0.266. The third-order valence-corrected chi connectivity index (χ3v) is 2.81. The number of aryl methyl sites for hydroxylation is 1. The molecule has 0 aliphatic heterocycles. The molecule has 0 amide bonds. The SMILES string of the molecule is COc1cc(OC)cc(-c2nc(CC#N)[nH]c2C)c1. The molecular formula is C14H15N3O2. The van der Waals surface area contributed by atoms with E-state index in [-0.39, 0.29) is 6.42 Å². The van der Waals surface area contributed by atoms with Gasteiger partial charge in [0.15, 0.2) is 0 Å². The number of H-pyrrole nitrogens is 1. The fourth-order valence-electron chi connectivity index (χ4n) is 1.91. The number of ether oxygens (including phenoxy) is 2. The summed E-state index contributed by atoms with van der Waals surface area (Å²) in [6.07, 6.45) is 0.266. The van der Waals surface area contributed by atoms with Crippen LogP contribution in [0.2, 0.25) is 0 Å². The number of aromatic nitrogens is 2. The van der Waals surface area contributed by atoms with Crippen molar-refractivity contribution in [2.75, 3.05) is 14.2 Å². The highest BCUT2D eigenvalue weighted by atomic mass is 16.5. The Hall–Kier alpha value is -2.48. The summed E-state index contributed by atoms with van der Waals surface area (Å²) in [6, 6.07) is 7.67. The number of hydrogen-bond donors (Lipinski definition) is 1. The molecule has 0 radical (unpaired) electrons. The largest absolute Gasteiger partial charge is 0.497 e. The predicted octanol–water partition coefficient (Wildman–Crippen LogP) is 2.47. The van der Waals surface area contributed by atoms with E-state index in [9.17, 15) is 0 Å². The van der Waals surface area contributed by atoms with Gasteiger partial charge in [-0.1, -0.05) is 0 Å². The van der Waals surface area contributed by atoms with Crippen LogP contribution in [0.15, 0.2) is 18.2 Å². The summed E-state index contributed by atoms with van der Waals surface area (Å²) < 4.78 is 10.5. The van der Waals surface area contributed by atoms with Gasteiger partial charge in [0.25, 0.3) is 0 Å². The van der Waals surface area contributed by atoms with Gasteiger partial charge in [-0.3, -0.25) is 0 Å². The number of rotatable bonds is 4. The molecule has 0 saturated heterocycles. The van der Waals surface area contributed by atoms with Crippen molar-refractivity contribution in [3.8, 4) is 28.8 Å². The second-order valence-corrected chi connectivity index (χ2v) is 4.09. The molecule has 1 N–H and O–H groups in total. The summed E-state index contributed by atoms with van der Waals surface area (Å²) in [7, 11) is 3.22. The predicted molar refractivity (Wildman–Crippen MR) is 71.2 cm³/mol. The van der Waals surface area contributed by atoms with E-state index >= 15 is 0 Å². The highest BCUT2D eigenvalue weighted by molar-refractivity contribution is 5.66. The lowest BCUT2D eigenvalue weighted by molar-refractivity contribution is 0.394. The highest BCUT2D eigenvalue weighted by Gasteiger charge is 2.11. The number of benzene rings is 1. The molecule has 2 aromatic rings. The Labute approximate surface area is 111 Å². The van der Waals surface area contributed by atoms with Gasteiger partial charge in [0, 0.05) is 17.3 Å². The molecule has 0 spiro atoms. The van der Waals surface area contributed by atoms with Crippen LogP contribution in [0.25, 0.3) is 11.3 Å². The summed E-state index contributed by atoms with van der Waals surface area (Å²) in [5.74, 6) is 2.08. The van der Waals surface area contributed by atoms with E-state index in [1.54, 1.807) is 14.2 Å². The number of imidazole rings is 1. The van der Waals surface area contributed by atoms with Crippen LogP contribution in [0.5, 0.6) is 11.5 Å². The summed E-state index contributed by atoms with van der Waals surface area (Å²) in [5.41, 5.74) is 2.62. The molecule has 0 aliphatic carbocycles. The molecule has 0 fully saturated rings. The van der Waals surface area contributed by atoms with Crippen LogP contribution in [-0.4, -0.2) is 24.2 Å². The van der Waals surface area contributed by atoms with E-state index < -0.39 is 0 Å². The van der Waals surface area contributed by atoms with Gasteiger partial charge in [-0.2, -0.15) is 5.26 Å². The molecule has 0 aliphatic rings. The number of methoxy groups -OCH3 is 2. The van der Waals surface area contributed by atoms with Crippen molar-refractivity contribution in [3.63, 3.8) is 0 Å². The van der Waals surface area contributed by atoms with Crippen molar-refractivity contribution in [1.29, 1.82) is 5.26 Å². The van der Waals surface area contributed by atoms with Gasteiger partial charge in [0.05, 0.1) is 32.4 Å². The molecule has 0 bridgehead atoms. The standard InChI is InChI=1S/C14H15N3O2/c1-9-14(17-13(16-9)4-5-15)10-6-11(18-2)8-12(7-10)19-3/h6-8H,4H2,1-3H3,(H,16,17). The number of nitrogens with one attached hydrogen (secondary N) is 1. The van der Waals surface area contributed by atoms with Crippen molar-refractivity contribution in [1.82, 2.24) is 9.97 Å². The maximum absolute atomic E-state index is 8.70. The third-order valence-electron chi connectivity index (χ3n) is 2.81. The number of nitrogens with zero attached hydrogens (tertiary/aromatic N) is 2. The van der Waals surface area contributed by atoms with Gasteiger partial charge >= 0.3 is 0 Å². The van der Waals surface area contributed by atoms with Crippen LogP contribution in [-0.2, 0) is 6.42 Å². The minimum Gasteiger partial charge on any atom is -0.497 e. The summed E-state index contributed by atoms with van der Waals surface area (Å²) in [4.78, 5) is 7.54. The molecule has 1 heterocycles. The molecule has 0 unspecified atom stereocenters. The van der Waals surface area contributed by atoms with Gasteiger partial charge < -0.3 is 14.5 Å². The number of nitriles is 1. The summed E-state index contributed by atoms with van der Waals surface area (Å²) in [6.45, 7) is 1.93. The summed E-state index contributed by atoms with van der Waals surface area (Å²) >= 11 is 0. The Balaban J connectivity index is 2.48. The second kappa shape index (κ2) is 5.44. The lowest BCUT2D eigenvalue weighted by Crippen LogP contribution is -1.90. The fraction of sp³-hybridized carbons (Fsp3) is 0.286. The van der Waals surface area contributed by atoms with Gasteiger partial charge in [-0.05, 0) is 19.1 Å². The molecule has 19 heavy (non-hydrogen) atoms. The Morgan fingerprint density at radius 2 is 1.84 bits per heavy atom. The lowest BCUT2D eigenvalue weighted by Gasteiger charge is -2.07. The Morgan fingerprint density at radius 3 is 2.37 bits per heavy atom. The molecule has 0 atom stereocenters. The van der Waals surface area contributed by atoms with Crippen LogP contribution in [0.4, 0.5) is 0 Å². The third kappa shape index (κ3) is 2.68. The van der Waals surface area contributed by atoms with E-state index in [0.29, 0.717) is 17.3 Å². The van der Waals surface area contributed by atoms with Crippen LogP contribution >= 0.6 is 0 Å². The van der Waals surface area contributed by atoms with Crippen LogP contribution < -0.4 is 9.47 Å². The van der Waals surface area contributed by atoms with Crippen molar-refractivity contribution < 1.29 is 9.47 Å². The highest BCUT2D eigenvalue weighted by Crippen LogP contribution is 2.30. The first kappa shape index (κ1) is 13.0. The Bertz CT molecular complexity index is 604. The smallest absolute Gasteiger partial charge is 0.123 e. The zero-order chi connectivity index (χ0) is 13.8. The van der Waals surface area contributed by atoms with Crippen LogP contribution in [0, 0.1) is 18.3 Å². The molecule has 5 heteroatoms. The van der Waals surface area contributed by atoms with Crippen molar-refractivity contribution >= 4 is 0 Å². The average Bonchev–Trinajstić information content (AvgIpc) is 2.79. The molecule has 0 saturated carbocycles. The zero-order valence-electron chi connectivity index (χ0n) is 11.2. The maximum atomic E-state index is 8.70. The minimum atomic E-state index is 0.266. The first-order chi connectivity index (χ1) is 9.17.